The monoisotopic (exact) mass is 332 g/mol. The number of aryl methyl sites for hydroxylation is 1. The third-order valence-corrected chi connectivity index (χ3v) is 5.18. The van der Waals surface area contributed by atoms with Crippen molar-refractivity contribution in [2.24, 2.45) is 0 Å². The first kappa shape index (κ1) is 15.0. The van der Waals surface area contributed by atoms with Gasteiger partial charge in [0, 0.05) is 0 Å². The van der Waals surface area contributed by atoms with Crippen molar-refractivity contribution in [1.29, 1.82) is 0 Å². The Bertz CT molecular complexity index is 799. The Morgan fingerprint density at radius 2 is 2.14 bits per heavy atom. The normalized spacial score (nSPS) is 10.8. The Labute approximate surface area is 135 Å². The second kappa shape index (κ2) is 6.46. The standard InChI is InChI=1S/C16H13FN2OS2/c1-10-6-7-12(11(17)8-10)18-15(20)9-21-16-19-13-4-2-3-5-14(13)22-16/h2-8H,9H2,1H3,(H,18,20). The molecule has 0 atom stereocenters. The van der Waals surface area contributed by atoms with Gasteiger partial charge in [-0.15, -0.1) is 11.3 Å². The minimum atomic E-state index is -0.418. The van der Waals surface area contributed by atoms with Crippen LogP contribution in [-0.4, -0.2) is 16.6 Å². The summed E-state index contributed by atoms with van der Waals surface area (Å²) in [7, 11) is 0. The van der Waals surface area contributed by atoms with E-state index >= 15 is 0 Å². The number of fused-ring (bicyclic) bond motifs is 1. The van der Waals surface area contributed by atoms with Crippen LogP contribution in [0.4, 0.5) is 10.1 Å². The highest BCUT2D eigenvalue weighted by molar-refractivity contribution is 8.01. The first-order valence-electron chi connectivity index (χ1n) is 6.66. The molecule has 0 unspecified atom stereocenters. The molecule has 0 aliphatic heterocycles. The fourth-order valence-electron chi connectivity index (χ4n) is 1.95. The summed E-state index contributed by atoms with van der Waals surface area (Å²) in [6.07, 6.45) is 0. The predicted molar refractivity (Wildman–Crippen MR) is 90.1 cm³/mol. The molecule has 3 aromatic rings. The first-order chi connectivity index (χ1) is 10.6. The highest BCUT2D eigenvalue weighted by Crippen LogP contribution is 2.29. The molecule has 22 heavy (non-hydrogen) atoms. The number of para-hydroxylation sites is 1. The number of hydrogen-bond acceptors (Lipinski definition) is 4. The number of rotatable bonds is 4. The van der Waals surface area contributed by atoms with Crippen LogP contribution in [0.3, 0.4) is 0 Å². The van der Waals surface area contributed by atoms with E-state index in [2.05, 4.69) is 10.3 Å². The number of nitrogens with zero attached hydrogens (tertiary/aromatic N) is 1. The zero-order valence-corrected chi connectivity index (χ0v) is 13.4. The molecular weight excluding hydrogens is 319 g/mol. The van der Waals surface area contributed by atoms with E-state index in [4.69, 9.17) is 0 Å². The molecule has 0 bridgehead atoms. The molecule has 3 nitrogen and oxygen atoms in total. The maximum Gasteiger partial charge on any atom is 0.234 e. The maximum absolute atomic E-state index is 13.7. The molecule has 0 fully saturated rings. The summed E-state index contributed by atoms with van der Waals surface area (Å²) in [6, 6.07) is 12.6. The van der Waals surface area contributed by atoms with Crippen molar-refractivity contribution in [1.82, 2.24) is 4.98 Å². The van der Waals surface area contributed by atoms with Gasteiger partial charge in [-0.2, -0.15) is 0 Å². The Morgan fingerprint density at radius 3 is 2.91 bits per heavy atom. The Balaban J connectivity index is 1.62. The average molecular weight is 332 g/mol. The fourth-order valence-corrected chi connectivity index (χ4v) is 3.82. The van der Waals surface area contributed by atoms with E-state index in [1.165, 1.54) is 17.8 Å². The molecule has 112 valence electrons. The summed E-state index contributed by atoms with van der Waals surface area (Å²) in [4.78, 5) is 16.4. The van der Waals surface area contributed by atoms with Crippen molar-refractivity contribution < 1.29 is 9.18 Å². The van der Waals surface area contributed by atoms with Crippen LogP contribution in [0.15, 0.2) is 46.8 Å². The lowest BCUT2D eigenvalue weighted by molar-refractivity contribution is -0.113. The smallest absolute Gasteiger partial charge is 0.234 e. The van der Waals surface area contributed by atoms with Crippen LogP contribution in [0.5, 0.6) is 0 Å². The van der Waals surface area contributed by atoms with Crippen LogP contribution in [-0.2, 0) is 4.79 Å². The number of benzene rings is 2. The second-order valence-corrected chi connectivity index (χ2v) is 7.02. The molecule has 0 spiro atoms. The Morgan fingerprint density at radius 1 is 1.32 bits per heavy atom. The van der Waals surface area contributed by atoms with Gasteiger partial charge in [-0.3, -0.25) is 4.79 Å². The van der Waals surface area contributed by atoms with Gasteiger partial charge in [-0.1, -0.05) is 30.0 Å². The van der Waals surface area contributed by atoms with Crippen molar-refractivity contribution in [2.45, 2.75) is 11.3 Å². The van der Waals surface area contributed by atoms with Gasteiger partial charge in [0.2, 0.25) is 5.91 Å². The summed E-state index contributed by atoms with van der Waals surface area (Å²) >= 11 is 2.90. The highest BCUT2D eigenvalue weighted by Gasteiger charge is 2.10. The van der Waals surface area contributed by atoms with Crippen LogP contribution in [0.25, 0.3) is 10.2 Å². The number of anilines is 1. The molecule has 1 amide bonds. The summed E-state index contributed by atoms with van der Waals surface area (Å²) in [5.74, 6) is -0.460. The van der Waals surface area contributed by atoms with Gasteiger partial charge in [-0.25, -0.2) is 9.37 Å². The average Bonchev–Trinajstić information content (AvgIpc) is 2.91. The zero-order chi connectivity index (χ0) is 15.5. The van der Waals surface area contributed by atoms with Crippen LogP contribution in [0, 0.1) is 12.7 Å². The van der Waals surface area contributed by atoms with Gasteiger partial charge < -0.3 is 5.32 Å². The van der Waals surface area contributed by atoms with E-state index in [1.54, 1.807) is 30.4 Å². The molecule has 6 heteroatoms. The third-order valence-electron chi connectivity index (χ3n) is 3.00. The number of thiazole rings is 1. The summed E-state index contributed by atoms with van der Waals surface area (Å²) in [5.41, 5.74) is 1.96. The predicted octanol–water partition coefficient (Wildman–Crippen LogP) is 4.47. The maximum atomic E-state index is 13.7. The SMILES string of the molecule is Cc1ccc(NC(=O)CSc2nc3ccccc3s2)c(F)c1. The van der Waals surface area contributed by atoms with E-state index < -0.39 is 5.82 Å². The molecule has 0 radical (unpaired) electrons. The minimum Gasteiger partial charge on any atom is -0.323 e. The molecule has 0 saturated heterocycles. The van der Waals surface area contributed by atoms with E-state index in [9.17, 15) is 9.18 Å². The number of carbonyl (C=O) groups is 1. The van der Waals surface area contributed by atoms with Gasteiger partial charge in [0.15, 0.2) is 4.34 Å². The van der Waals surface area contributed by atoms with Gasteiger partial charge in [0.1, 0.15) is 5.82 Å². The van der Waals surface area contributed by atoms with Crippen LogP contribution < -0.4 is 5.32 Å². The molecule has 1 N–H and O–H groups in total. The summed E-state index contributed by atoms with van der Waals surface area (Å²) in [6.45, 7) is 1.80. The zero-order valence-electron chi connectivity index (χ0n) is 11.8. The van der Waals surface area contributed by atoms with Gasteiger partial charge in [0.25, 0.3) is 0 Å². The number of thioether (sulfide) groups is 1. The van der Waals surface area contributed by atoms with Crippen molar-refractivity contribution >= 4 is 44.9 Å². The number of nitrogens with one attached hydrogen (secondary N) is 1. The molecule has 1 aromatic heterocycles. The number of amides is 1. The molecule has 1 heterocycles. The largest absolute Gasteiger partial charge is 0.323 e. The lowest BCUT2D eigenvalue weighted by atomic mass is 10.2. The van der Waals surface area contributed by atoms with Crippen molar-refractivity contribution in [3.8, 4) is 0 Å². The molecule has 0 saturated carbocycles. The van der Waals surface area contributed by atoms with E-state index in [1.807, 2.05) is 24.3 Å². The molecule has 2 aromatic carbocycles. The van der Waals surface area contributed by atoms with Crippen LogP contribution in [0.2, 0.25) is 0 Å². The summed E-state index contributed by atoms with van der Waals surface area (Å²) in [5, 5.41) is 2.58. The lowest BCUT2D eigenvalue weighted by Crippen LogP contribution is -2.15. The minimum absolute atomic E-state index is 0.202. The van der Waals surface area contributed by atoms with Crippen LogP contribution >= 0.6 is 23.1 Å². The topological polar surface area (TPSA) is 42.0 Å². The third kappa shape index (κ3) is 3.45. The van der Waals surface area contributed by atoms with Gasteiger partial charge in [-0.05, 0) is 36.8 Å². The van der Waals surface area contributed by atoms with Gasteiger partial charge in [0.05, 0.1) is 21.7 Å². The molecule has 3 rings (SSSR count). The highest BCUT2D eigenvalue weighted by atomic mass is 32.2. The number of aromatic nitrogens is 1. The fraction of sp³-hybridized carbons (Fsp3) is 0.125. The van der Waals surface area contributed by atoms with Gasteiger partial charge >= 0.3 is 0 Å². The Kier molecular flexibility index (Phi) is 4.40. The molecule has 0 aliphatic rings. The van der Waals surface area contributed by atoms with E-state index in [0.29, 0.717) is 0 Å². The van der Waals surface area contributed by atoms with E-state index in [-0.39, 0.29) is 17.3 Å². The van der Waals surface area contributed by atoms with Crippen molar-refractivity contribution in [3.63, 3.8) is 0 Å². The first-order valence-corrected chi connectivity index (χ1v) is 8.46. The summed E-state index contributed by atoms with van der Waals surface area (Å²) < 4.78 is 15.6. The van der Waals surface area contributed by atoms with E-state index in [0.717, 1.165) is 20.1 Å². The second-order valence-electron chi connectivity index (χ2n) is 4.77. The Hall–Kier alpha value is -1.92. The van der Waals surface area contributed by atoms with Crippen LogP contribution in [0.1, 0.15) is 5.56 Å². The number of hydrogen-bond donors (Lipinski definition) is 1. The van der Waals surface area contributed by atoms with Crippen molar-refractivity contribution in [3.05, 3.63) is 53.8 Å². The van der Waals surface area contributed by atoms with Crippen molar-refractivity contribution in [2.75, 3.05) is 11.1 Å². The lowest BCUT2D eigenvalue weighted by Gasteiger charge is -2.06. The number of halogens is 1. The number of carbonyl (C=O) groups excluding carboxylic acids is 1. The quantitative estimate of drug-likeness (QED) is 0.717. The molecular formula is C16H13FN2OS2. The molecule has 0 aliphatic carbocycles.